The Balaban J connectivity index is 1.99. The summed E-state index contributed by atoms with van der Waals surface area (Å²) < 4.78 is 7.32. The van der Waals surface area contributed by atoms with Gasteiger partial charge in [-0.15, -0.1) is 0 Å². The number of rotatable bonds is 6. The van der Waals surface area contributed by atoms with Gasteiger partial charge in [0, 0.05) is 13.6 Å². The summed E-state index contributed by atoms with van der Waals surface area (Å²) in [4.78, 5) is 4.09. The number of hydrogen-bond donors (Lipinski definition) is 1. The van der Waals surface area contributed by atoms with Crippen molar-refractivity contribution in [3.8, 4) is 5.75 Å². The molecule has 0 aliphatic rings. The van der Waals surface area contributed by atoms with Gasteiger partial charge in [-0.05, 0) is 24.2 Å². The van der Waals surface area contributed by atoms with Gasteiger partial charge < -0.3 is 10.1 Å². The van der Waals surface area contributed by atoms with Crippen LogP contribution in [-0.2, 0) is 20.2 Å². The first-order chi connectivity index (χ1) is 9.20. The van der Waals surface area contributed by atoms with Crippen LogP contribution < -0.4 is 10.1 Å². The highest BCUT2D eigenvalue weighted by molar-refractivity contribution is 6.32. The third-order valence-electron chi connectivity index (χ3n) is 2.74. The summed E-state index contributed by atoms with van der Waals surface area (Å²) in [6.07, 6.45) is 1.50. The maximum absolute atomic E-state index is 6.19. The molecule has 0 aliphatic carbocycles. The highest BCUT2D eigenvalue weighted by Crippen LogP contribution is 2.26. The van der Waals surface area contributed by atoms with Crippen molar-refractivity contribution < 1.29 is 4.74 Å². The number of nitrogens with one attached hydrogen (secondary N) is 1. The molecule has 6 heteroatoms. The molecule has 19 heavy (non-hydrogen) atoms. The molecule has 1 aromatic heterocycles. The van der Waals surface area contributed by atoms with E-state index in [1.165, 1.54) is 6.33 Å². The van der Waals surface area contributed by atoms with Gasteiger partial charge in [-0.25, -0.2) is 4.98 Å². The average molecular weight is 281 g/mol. The molecule has 0 amide bonds. The van der Waals surface area contributed by atoms with E-state index in [0.29, 0.717) is 17.4 Å². The Bertz CT molecular complexity index is 541. The lowest BCUT2D eigenvalue weighted by atomic mass is 10.2. The van der Waals surface area contributed by atoms with E-state index in [1.807, 2.05) is 25.2 Å². The maximum atomic E-state index is 6.19. The van der Waals surface area contributed by atoms with E-state index in [9.17, 15) is 0 Å². The minimum Gasteiger partial charge on any atom is -0.484 e. The fraction of sp³-hybridized carbons (Fsp3) is 0.385. The van der Waals surface area contributed by atoms with Crippen LogP contribution in [0.5, 0.6) is 5.75 Å². The number of aromatic nitrogens is 3. The second-order valence-corrected chi connectivity index (χ2v) is 4.54. The first-order valence-corrected chi connectivity index (χ1v) is 6.53. The summed E-state index contributed by atoms with van der Waals surface area (Å²) in [6.45, 7) is 4.16. The third kappa shape index (κ3) is 3.68. The van der Waals surface area contributed by atoms with E-state index in [4.69, 9.17) is 16.3 Å². The molecule has 0 bridgehead atoms. The van der Waals surface area contributed by atoms with E-state index in [1.54, 1.807) is 4.68 Å². The lowest BCUT2D eigenvalue weighted by Gasteiger charge is -2.09. The summed E-state index contributed by atoms with van der Waals surface area (Å²) in [6, 6.07) is 5.79. The van der Waals surface area contributed by atoms with Gasteiger partial charge in [-0.3, -0.25) is 4.68 Å². The lowest BCUT2D eigenvalue weighted by Crippen LogP contribution is -2.11. The van der Waals surface area contributed by atoms with Crippen LogP contribution in [0.3, 0.4) is 0 Å². The van der Waals surface area contributed by atoms with Gasteiger partial charge in [-0.1, -0.05) is 24.6 Å². The van der Waals surface area contributed by atoms with Crippen LogP contribution in [0, 0.1) is 0 Å². The molecule has 0 fully saturated rings. The quantitative estimate of drug-likeness (QED) is 0.881. The Morgan fingerprint density at radius 1 is 1.42 bits per heavy atom. The largest absolute Gasteiger partial charge is 0.484 e. The predicted octanol–water partition coefficient (Wildman–Crippen LogP) is 2.16. The van der Waals surface area contributed by atoms with Crippen LogP contribution in [0.1, 0.15) is 18.3 Å². The van der Waals surface area contributed by atoms with Crippen LogP contribution in [0.2, 0.25) is 5.02 Å². The molecule has 0 unspecified atom stereocenters. The molecule has 2 aromatic rings. The van der Waals surface area contributed by atoms with Crippen molar-refractivity contribution in [2.24, 2.45) is 7.05 Å². The average Bonchev–Trinajstić information content (AvgIpc) is 2.81. The van der Waals surface area contributed by atoms with Crippen LogP contribution in [0.25, 0.3) is 0 Å². The number of nitrogens with zero attached hydrogens (tertiary/aromatic N) is 3. The maximum Gasteiger partial charge on any atom is 0.164 e. The summed E-state index contributed by atoms with van der Waals surface area (Å²) >= 11 is 6.19. The van der Waals surface area contributed by atoms with Crippen molar-refractivity contribution in [3.05, 3.63) is 40.9 Å². The summed E-state index contributed by atoms with van der Waals surface area (Å²) in [5.41, 5.74) is 1.14. The van der Waals surface area contributed by atoms with E-state index in [2.05, 4.69) is 22.3 Å². The molecule has 102 valence electrons. The number of halogens is 1. The number of benzene rings is 1. The molecular formula is C13H17ClN4O. The van der Waals surface area contributed by atoms with Crippen LogP contribution in [0.4, 0.5) is 0 Å². The molecule has 0 aliphatic heterocycles. The first kappa shape index (κ1) is 13.8. The normalized spacial score (nSPS) is 10.7. The zero-order chi connectivity index (χ0) is 13.7. The Hall–Kier alpha value is -1.59. The topological polar surface area (TPSA) is 52.0 Å². The number of aryl methyl sites for hydroxylation is 1. The van der Waals surface area contributed by atoms with Crippen molar-refractivity contribution in [2.45, 2.75) is 20.1 Å². The zero-order valence-corrected chi connectivity index (χ0v) is 11.8. The standard InChI is InChI=1S/C13H17ClN4O/c1-3-15-7-10-4-5-12(11(14)6-10)19-8-13-16-9-17-18(13)2/h4-6,9,15H,3,7-8H2,1-2H3. The van der Waals surface area contributed by atoms with Gasteiger partial charge in [0.25, 0.3) is 0 Å². The molecule has 0 atom stereocenters. The van der Waals surface area contributed by atoms with Gasteiger partial charge >= 0.3 is 0 Å². The molecule has 1 aromatic carbocycles. The number of hydrogen-bond acceptors (Lipinski definition) is 4. The lowest BCUT2D eigenvalue weighted by molar-refractivity contribution is 0.290. The van der Waals surface area contributed by atoms with E-state index < -0.39 is 0 Å². The molecular weight excluding hydrogens is 264 g/mol. The van der Waals surface area contributed by atoms with Gasteiger partial charge in [-0.2, -0.15) is 5.10 Å². The van der Waals surface area contributed by atoms with Gasteiger partial charge in [0.15, 0.2) is 5.82 Å². The van der Waals surface area contributed by atoms with Crippen molar-refractivity contribution in [1.82, 2.24) is 20.1 Å². The van der Waals surface area contributed by atoms with Gasteiger partial charge in [0.2, 0.25) is 0 Å². The first-order valence-electron chi connectivity index (χ1n) is 6.15. The Morgan fingerprint density at radius 2 is 2.26 bits per heavy atom. The summed E-state index contributed by atoms with van der Waals surface area (Å²) in [5.74, 6) is 1.41. The molecule has 5 nitrogen and oxygen atoms in total. The van der Waals surface area contributed by atoms with Crippen molar-refractivity contribution in [2.75, 3.05) is 6.54 Å². The molecule has 0 spiro atoms. The molecule has 1 N–H and O–H groups in total. The van der Waals surface area contributed by atoms with Gasteiger partial charge in [0.05, 0.1) is 5.02 Å². The fourth-order valence-electron chi connectivity index (χ4n) is 1.63. The predicted molar refractivity (Wildman–Crippen MR) is 74.2 cm³/mol. The molecule has 1 heterocycles. The zero-order valence-electron chi connectivity index (χ0n) is 11.1. The Morgan fingerprint density at radius 3 is 2.89 bits per heavy atom. The van der Waals surface area contributed by atoms with E-state index in [0.717, 1.165) is 24.5 Å². The third-order valence-corrected chi connectivity index (χ3v) is 3.03. The van der Waals surface area contributed by atoms with E-state index >= 15 is 0 Å². The number of ether oxygens (including phenoxy) is 1. The second-order valence-electron chi connectivity index (χ2n) is 4.13. The highest BCUT2D eigenvalue weighted by atomic mass is 35.5. The molecule has 0 saturated carbocycles. The Kier molecular flexibility index (Phi) is 4.76. The smallest absolute Gasteiger partial charge is 0.164 e. The second kappa shape index (κ2) is 6.54. The highest BCUT2D eigenvalue weighted by Gasteiger charge is 2.06. The summed E-state index contributed by atoms with van der Waals surface area (Å²) in [7, 11) is 1.83. The minimum absolute atomic E-state index is 0.350. The molecule has 0 saturated heterocycles. The van der Waals surface area contributed by atoms with Crippen molar-refractivity contribution in [1.29, 1.82) is 0 Å². The molecule has 2 rings (SSSR count). The van der Waals surface area contributed by atoms with Crippen LogP contribution in [-0.4, -0.2) is 21.3 Å². The minimum atomic E-state index is 0.350. The van der Waals surface area contributed by atoms with Crippen LogP contribution >= 0.6 is 11.6 Å². The fourth-order valence-corrected chi connectivity index (χ4v) is 1.89. The van der Waals surface area contributed by atoms with Gasteiger partial charge in [0.1, 0.15) is 18.7 Å². The summed E-state index contributed by atoms with van der Waals surface area (Å²) in [5, 5.41) is 7.84. The molecule has 0 radical (unpaired) electrons. The van der Waals surface area contributed by atoms with Crippen molar-refractivity contribution in [3.63, 3.8) is 0 Å². The monoisotopic (exact) mass is 280 g/mol. The van der Waals surface area contributed by atoms with Crippen molar-refractivity contribution >= 4 is 11.6 Å². The van der Waals surface area contributed by atoms with Crippen LogP contribution in [0.15, 0.2) is 24.5 Å². The Labute approximate surface area is 117 Å². The SMILES string of the molecule is CCNCc1ccc(OCc2ncnn2C)c(Cl)c1. The van der Waals surface area contributed by atoms with E-state index in [-0.39, 0.29) is 0 Å².